The molecular formula is C9H23Zr-5. The molecule has 0 heterocycles. The van der Waals surface area contributed by atoms with Gasteiger partial charge in [0.25, 0.3) is 0 Å². The topological polar surface area (TPSA) is 0 Å². The van der Waals surface area contributed by atoms with E-state index in [4.69, 9.17) is 0 Å². The maximum Gasteiger partial charge on any atom is 0 e. The van der Waals surface area contributed by atoms with E-state index in [9.17, 15) is 0 Å². The standard InChI is InChI=1S/4C2H5.CH3.Zr/c4*1-2;;/h4*1H2,2H3;1H3;/q5*-1;. The Labute approximate surface area is 88.9 Å². The molecule has 68 valence electrons. The smallest absolute Gasteiger partial charge is 0 e. The molecule has 0 aromatic carbocycles. The summed E-state index contributed by atoms with van der Waals surface area (Å²) in [6.07, 6.45) is 0. The van der Waals surface area contributed by atoms with Crippen LogP contribution in [0.3, 0.4) is 0 Å². The van der Waals surface area contributed by atoms with Crippen LogP contribution in [0.1, 0.15) is 27.7 Å². The summed E-state index contributed by atoms with van der Waals surface area (Å²) in [4.78, 5) is 0. The van der Waals surface area contributed by atoms with Crippen molar-refractivity contribution in [3.63, 3.8) is 0 Å². The quantitative estimate of drug-likeness (QED) is 0.547. The van der Waals surface area contributed by atoms with Crippen molar-refractivity contribution in [1.82, 2.24) is 0 Å². The monoisotopic (exact) mass is 221 g/mol. The van der Waals surface area contributed by atoms with Crippen molar-refractivity contribution in [2.45, 2.75) is 27.7 Å². The van der Waals surface area contributed by atoms with Crippen molar-refractivity contribution in [3.8, 4) is 0 Å². The fourth-order valence-electron chi connectivity index (χ4n) is 0. The van der Waals surface area contributed by atoms with Crippen LogP contribution in [-0.4, -0.2) is 0 Å². The summed E-state index contributed by atoms with van der Waals surface area (Å²) in [5.74, 6) is 0. The van der Waals surface area contributed by atoms with Crippen LogP contribution in [0.4, 0.5) is 0 Å². The molecule has 0 fully saturated rings. The minimum absolute atomic E-state index is 0. The van der Waals surface area contributed by atoms with Crippen molar-refractivity contribution < 1.29 is 26.2 Å². The first-order valence-corrected chi connectivity index (χ1v) is 2.83. The molecule has 0 radical (unpaired) electrons. The Morgan fingerprint density at radius 2 is 0.500 bits per heavy atom. The average Bonchev–Trinajstić information content (AvgIpc) is 2.03. The van der Waals surface area contributed by atoms with Gasteiger partial charge in [-0.15, -0.1) is 0 Å². The maximum atomic E-state index is 3.25. The largest absolute Gasteiger partial charge is 0.358 e. The molecule has 0 aliphatic rings. The normalized spacial score (nSPS) is 2.40. The van der Waals surface area contributed by atoms with Gasteiger partial charge in [-0.25, -0.2) is 0 Å². The first kappa shape index (κ1) is 44.6. The van der Waals surface area contributed by atoms with E-state index in [-0.39, 0.29) is 33.6 Å². The van der Waals surface area contributed by atoms with E-state index >= 15 is 0 Å². The fraction of sp³-hybridized carbons (Fsp3) is 0.444. The molecule has 0 aromatic heterocycles. The number of hydrogen-bond donors (Lipinski definition) is 0. The van der Waals surface area contributed by atoms with E-state index in [1.165, 1.54) is 0 Å². The molecule has 0 nitrogen and oxygen atoms in total. The Kier molecular flexibility index (Phi) is 4460. The molecule has 0 aliphatic heterocycles. The van der Waals surface area contributed by atoms with Crippen LogP contribution in [-0.2, 0) is 26.2 Å². The molecule has 0 spiro atoms. The third kappa shape index (κ3) is 708. The maximum absolute atomic E-state index is 3.25. The molecule has 10 heavy (non-hydrogen) atoms. The Balaban J connectivity index is -0.00000000500. The van der Waals surface area contributed by atoms with Gasteiger partial charge < -0.3 is 35.1 Å². The van der Waals surface area contributed by atoms with Crippen LogP contribution in [0.15, 0.2) is 0 Å². The van der Waals surface area contributed by atoms with Gasteiger partial charge in [0, 0.05) is 26.2 Å². The first-order valence-electron chi connectivity index (χ1n) is 2.83. The van der Waals surface area contributed by atoms with Crippen molar-refractivity contribution in [1.29, 1.82) is 0 Å². The van der Waals surface area contributed by atoms with E-state index in [0.717, 1.165) is 0 Å². The van der Waals surface area contributed by atoms with E-state index in [2.05, 4.69) is 27.7 Å². The third-order valence-electron chi connectivity index (χ3n) is 0. The summed E-state index contributed by atoms with van der Waals surface area (Å²) in [5, 5.41) is 0. The van der Waals surface area contributed by atoms with Gasteiger partial charge in [0.1, 0.15) is 0 Å². The molecule has 0 aromatic rings. The van der Waals surface area contributed by atoms with Crippen molar-refractivity contribution >= 4 is 0 Å². The van der Waals surface area contributed by atoms with Crippen molar-refractivity contribution in [2.75, 3.05) is 0 Å². The van der Waals surface area contributed by atoms with Crippen LogP contribution in [0.5, 0.6) is 0 Å². The van der Waals surface area contributed by atoms with Crippen molar-refractivity contribution in [2.24, 2.45) is 0 Å². The summed E-state index contributed by atoms with van der Waals surface area (Å²) < 4.78 is 0. The van der Waals surface area contributed by atoms with Gasteiger partial charge in [0.15, 0.2) is 0 Å². The Bertz CT molecular complexity index is 4.69. The van der Waals surface area contributed by atoms with E-state index < -0.39 is 0 Å². The average molecular weight is 223 g/mol. The van der Waals surface area contributed by atoms with Gasteiger partial charge in [-0.3, -0.25) is 0 Å². The molecule has 0 bridgehead atoms. The third-order valence-corrected chi connectivity index (χ3v) is 0. The minimum Gasteiger partial charge on any atom is -0.358 e. The van der Waals surface area contributed by atoms with Crippen molar-refractivity contribution in [3.05, 3.63) is 35.1 Å². The van der Waals surface area contributed by atoms with E-state index in [0.29, 0.717) is 0 Å². The van der Waals surface area contributed by atoms with Gasteiger partial charge >= 0.3 is 0 Å². The molecule has 1 heteroatoms. The van der Waals surface area contributed by atoms with E-state index in [1.807, 2.05) is 0 Å². The summed E-state index contributed by atoms with van der Waals surface area (Å²) >= 11 is 0. The Morgan fingerprint density at radius 3 is 0.500 bits per heavy atom. The predicted octanol–water partition coefficient (Wildman–Crippen LogP) is 3.81. The van der Waals surface area contributed by atoms with Gasteiger partial charge in [-0.2, -0.15) is 27.7 Å². The van der Waals surface area contributed by atoms with Gasteiger partial charge in [0.2, 0.25) is 0 Å². The molecule has 0 amide bonds. The van der Waals surface area contributed by atoms with Crippen LogP contribution >= 0.6 is 0 Å². The van der Waals surface area contributed by atoms with Crippen LogP contribution in [0.2, 0.25) is 0 Å². The zero-order valence-corrected chi connectivity index (χ0v) is 10.8. The summed E-state index contributed by atoms with van der Waals surface area (Å²) in [6.45, 7) is 20.0. The second kappa shape index (κ2) is 1000. The summed E-state index contributed by atoms with van der Waals surface area (Å²) in [7, 11) is 0. The Hall–Kier alpha value is 0.883. The van der Waals surface area contributed by atoms with Crippen LogP contribution < -0.4 is 0 Å². The van der Waals surface area contributed by atoms with Gasteiger partial charge in [0.05, 0.1) is 0 Å². The predicted molar refractivity (Wildman–Crippen MR) is 50.5 cm³/mol. The second-order valence-electron chi connectivity index (χ2n) is 0. The zero-order valence-electron chi connectivity index (χ0n) is 8.33. The number of hydrogen-bond acceptors (Lipinski definition) is 0. The molecular weight excluding hydrogens is 199 g/mol. The van der Waals surface area contributed by atoms with E-state index in [1.54, 1.807) is 27.7 Å². The van der Waals surface area contributed by atoms with Crippen LogP contribution in [0.25, 0.3) is 0 Å². The number of rotatable bonds is 0. The van der Waals surface area contributed by atoms with Gasteiger partial charge in [-0.1, -0.05) is 0 Å². The molecule has 0 rings (SSSR count). The first-order chi connectivity index (χ1) is 4.00. The van der Waals surface area contributed by atoms with Crippen LogP contribution in [0, 0.1) is 35.1 Å². The molecule has 0 saturated carbocycles. The molecule has 0 N–H and O–H groups in total. The molecule has 0 atom stereocenters. The molecule has 0 aliphatic carbocycles. The summed E-state index contributed by atoms with van der Waals surface area (Å²) in [5.41, 5.74) is 0. The fourth-order valence-corrected chi connectivity index (χ4v) is 0. The SMILES string of the molecule is [CH2-]C.[CH2-]C.[CH2-]C.[CH2-]C.[CH3-].[Zr]. The second-order valence-corrected chi connectivity index (χ2v) is 0. The zero-order chi connectivity index (χ0) is 8.00. The van der Waals surface area contributed by atoms with Gasteiger partial charge in [-0.05, 0) is 0 Å². The Morgan fingerprint density at radius 1 is 0.500 bits per heavy atom. The molecule has 0 unspecified atom stereocenters. The minimum atomic E-state index is 0. The molecule has 0 saturated heterocycles. The summed E-state index contributed by atoms with van der Waals surface area (Å²) in [6, 6.07) is 0.